The topological polar surface area (TPSA) is 60.7 Å². The van der Waals surface area contributed by atoms with Gasteiger partial charge in [-0.1, -0.05) is 43.3 Å². The standard InChI is InChI=1S/C23H22N4O2/c1-16(11-18-7-8-19-20(12-18)29-15-28-19)22-23(25-13-17-5-3-2-4-6-17)27-10-9-24-14-21(27)26-22/h2-10,12,14,16,25H,11,13,15H2,1H3. The molecule has 3 heterocycles. The maximum Gasteiger partial charge on any atom is 0.231 e. The van der Waals surface area contributed by atoms with E-state index in [-0.39, 0.29) is 5.92 Å². The van der Waals surface area contributed by atoms with Gasteiger partial charge in [0.2, 0.25) is 6.79 Å². The lowest BCUT2D eigenvalue weighted by Gasteiger charge is -2.14. The van der Waals surface area contributed by atoms with Gasteiger partial charge < -0.3 is 14.8 Å². The van der Waals surface area contributed by atoms with Crippen molar-refractivity contribution in [2.24, 2.45) is 0 Å². The molecular formula is C23H22N4O2. The number of benzene rings is 2. The molecule has 5 rings (SSSR count). The van der Waals surface area contributed by atoms with E-state index in [0.29, 0.717) is 6.79 Å². The summed E-state index contributed by atoms with van der Waals surface area (Å²) in [5.74, 6) is 2.86. The molecular weight excluding hydrogens is 364 g/mol. The number of anilines is 1. The molecule has 6 heteroatoms. The van der Waals surface area contributed by atoms with E-state index < -0.39 is 0 Å². The molecule has 2 aromatic heterocycles. The number of aromatic nitrogens is 3. The summed E-state index contributed by atoms with van der Waals surface area (Å²) in [4.78, 5) is 9.10. The summed E-state index contributed by atoms with van der Waals surface area (Å²) in [5.41, 5.74) is 4.30. The first-order chi connectivity index (χ1) is 14.3. The number of hydrogen-bond acceptors (Lipinski definition) is 5. The minimum atomic E-state index is 0.216. The van der Waals surface area contributed by atoms with Crippen molar-refractivity contribution in [2.45, 2.75) is 25.8 Å². The number of hydrogen-bond donors (Lipinski definition) is 1. The minimum Gasteiger partial charge on any atom is -0.454 e. The maximum atomic E-state index is 5.52. The quantitative estimate of drug-likeness (QED) is 0.532. The summed E-state index contributed by atoms with van der Waals surface area (Å²) in [6.45, 7) is 3.23. The normalized spacial score (nSPS) is 13.6. The van der Waals surface area contributed by atoms with Crippen LogP contribution < -0.4 is 14.8 Å². The van der Waals surface area contributed by atoms with E-state index in [1.165, 1.54) is 11.1 Å². The third kappa shape index (κ3) is 3.49. The number of imidazole rings is 1. The fraction of sp³-hybridized carbons (Fsp3) is 0.217. The zero-order valence-corrected chi connectivity index (χ0v) is 16.2. The number of ether oxygens (including phenoxy) is 2. The lowest BCUT2D eigenvalue weighted by Crippen LogP contribution is -2.07. The zero-order chi connectivity index (χ0) is 19.6. The Morgan fingerprint density at radius 3 is 2.83 bits per heavy atom. The molecule has 2 aromatic carbocycles. The number of nitrogens with one attached hydrogen (secondary N) is 1. The predicted octanol–water partition coefficient (Wildman–Crippen LogP) is 4.42. The lowest BCUT2D eigenvalue weighted by molar-refractivity contribution is 0.174. The minimum absolute atomic E-state index is 0.216. The Kier molecular flexibility index (Phi) is 4.52. The third-order valence-corrected chi connectivity index (χ3v) is 5.21. The summed E-state index contributed by atoms with van der Waals surface area (Å²) >= 11 is 0. The van der Waals surface area contributed by atoms with E-state index in [1.54, 1.807) is 12.4 Å². The average molecular weight is 386 g/mol. The van der Waals surface area contributed by atoms with Crippen molar-refractivity contribution in [1.82, 2.24) is 14.4 Å². The van der Waals surface area contributed by atoms with Crippen LogP contribution in [0.15, 0.2) is 67.1 Å². The van der Waals surface area contributed by atoms with E-state index in [9.17, 15) is 0 Å². The smallest absolute Gasteiger partial charge is 0.231 e. The van der Waals surface area contributed by atoms with Crippen LogP contribution in [-0.4, -0.2) is 21.2 Å². The molecule has 1 unspecified atom stereocenters. The van der Waals surface area contributed by atoms with Crippen LogP contribution in [0.2, 0.25) is 0 Å². The van der Waals surface area contributed by atoms with Gasteiger partial charge >= 0.3 is 0 Å². The molecule has 0 saturated heterocycles. The Bertz CT molecular complexity index is 1140. The lowest BCUT2D eigenvalue weighted by atomic mass is 9.97. The van der Waals surface area contributed by atoms with Gasteiger partial charge in [-0.15, -0.1) is 0 Å². The molecule has 1 atom stereocenters. The zero-order valence-electron chi connectivity index (χ0n) is 16.2. The van der Waals surface area contributed by atoms with Crippen LogP contribution in [-0.2, 0) is 13.0 Å². The first-order valence-electron chi connectivity index (χ1n) is 9.76. The van der Waals surface area contributed by atoms with Gasteiger partial charge in [0.05, 0.1) is 11.9 Å². The molecule has 1 N–H and O–H groups in total. The SMILES string of the molecule is CC(Cc1ccc2c(c1)OCO2)c1nc2cnccn2c1NCc1ccccc1. The molecule has 4 aromatic rings. The molecule has 1 aliphatic heterocycles. The molecule has 146 valence electrons. The summed E-state index contributed by atoms with van der Waals surface area (Å²) in [6.07, 6.45) is 6.39. The van der Waals surface area contributed by atoms with Gasteiger partial charge in [0.1, 0.15) is 5.82 Å². The first-order valence-corrected chi connectivity index (χ1v) is 9.76. The van der Waals surface area contributed by atoms with E-state index in [4.69, 9.17) is 14.5 Å². The summed E-state index contributed by atoms with van der Waals surface area (Å²) in [5, 5.41) is 3.59. The molecule has 0 saturated carbocycles. The van der Waals surface area contributed by atoms with Crippen molar-refractivity contribution in [2.75, 3.05) is 12.1 Å². The fourth-order valence-corrected chi connectivity index (χ4v) is 3.74. The van der Waals surface area contributed by atoms with Gasteiger partial charge in [-0.05, 0) is 29.7 Å². The molecule has 1 aliphatic rings. The second-order valence-electron chi connectivity index (χ2n) is 7.28. The fourth-order valence-electron chi connectivity index (χ4n) is 3.74. The van der Waals surface area contributed by atoms with Gasteiger partial charge in [-0.3, -0.25) is 9.38 Å². The molecule has 0 fully saturated rings. The van der Waals surface area contributed by atoms with Crippen LogP contribution in [0.25, 0.3) is 5.65 Å². The highest BCUT2D eigenvalue weighted by Gasteiger charge is 2.20. The Morgan fingerprint density at radius 1 is 1.07 bits per heavy atom. The first kappa shape index (κ1) is 17.6. The van der Waals surface area contributed by atoms with E-state index in [2.05, 4.69) is 58.0 Å². The van der Waals surface area contributed by atoms with Crippen LogP contribution >= 0.6 is 0 Å². The molecule has 0 aliphatic carbocycles. The largest absolute Gasteiger partial charge is 0.454 e. The predicted molar refractivity (Wildman–Crippen MR) is 111 cm³/mol. The summed E-state index contributed by atoms with van der Waals surface area (Å²) in [6, 6.07) is 16.5. The van der Waals surface area contributed by atoms with Crippen molar-refractivity contribution in [1.29, 1.82) is 0 Å². The highest BCUT2D eigenvalue weighted by Crippen LogP contribution is 2.35. The van der Waals surface area contributed by atoms with Crippen LogP contribution in [0.1, 0.15) is 29.7 Å². The highest BCUT2D eigenvalue weighted by atomic mass is 16.7. The van der Waals surface area contributed by atoms with E-state index in [1.807, 2.05) is 18.3 Å². The number of rotatable bonds is 6. The van der Waals surface area contributed by atoms with E-state index >= 15 is 0 Å². The molecule has 0 radical (unpaired) electrons. The molecule has 6 nitrogen and oxygen atoms in total. The van der Waals surface area contributed by atoms with E-state index in [0.717, 1.165) is 41.6 Å². The van der Waals surface area contributed by atoms with Gasteiger partial charge in [0.15, 0.2) is 17.1 Å². The molecule has 0 bridgehead atoms. The van der Waals surface area contributed by atoms with Gasteiger partial charge in [-0.25, -0.2) is 4.98 Å². The van der Waals surface area contributed by atoms with Crippen molar-refractivity contribution in [3.8, 4) is 11.5 Å². The average Bonchev–Trinajstić information content (AvgIpc) is 3.37. The van der Waals surface area contributed by atoms with Crippen molar-refractivity contribution >= 4 is 11.5 Å². The summed E-state index contributed by atoms with van der Waals surface area (Å²) in [7, 11) is 0. The Labute approximate surface area is 169 Å². The molecule has 29 heavy (non-hydrogen) atoms. The Hall–Kier alpha value is -3.54. The molecule has 0 spiro atoms. The van der Waals surface area contributed by atoms with Crippen molar-refractivity contribution in [3.63, 3.8) is 0 Å². The highest BCUT2D eigenvalue weighted by molar-refractivity contribution is 5.56. The van der Waals surface area contributed by atoms with Crippen LogP contribution in [0.5, 0.6) is 11.5 Å². The number of nitrogens with zero attached hydrogens (tertiary/aromatic N) is 3. The van der Waals surface area contributed by atoms with Crippen LogP contribution in [0.3, 0.4) is 0 Å². The Morgan fingerprint density at radius 2 is 1.93 bits per heavy atom. The molecule has 0 amide bonds. The Balaban J connectivity index is 1.43. The van der Waals surface area contributed by atoms with Gasteiger partial charge in [0.25, 0.3) is 0 Å². The van der Waals surface area contributed by atoms with Gasteiger partial charge in [-0.2, -0.15) is 0 Å². The maximum absolute atomic E-state index is 5.52. The second kappa shape index (κ2) is 7.47. The second-order valence-corrected chi connectivity index (χ2v) is 7.28. The van der Waals surface area contributed by atoms with Gasteiger partial charge in [0, 0.05) is 24.9 Å². The monoisotopic (exact) mass is 386 g/mol. The van der Waals surface area contributed by atoms with Crippen molar-refractivity contribution < 1.29 is 9.47 Å². The summed E-state index contributed by atoms with van der Waals surface area (Å²) < 4.78 is 13.0. The third-order valence-electron chi connectivity index (χ3n) is 5.21. The van der Waals surface area contributed by atoms with Crippen LogP contribution in [0, 0.1) is 0 Å². The number of fused-ring (bicyclic) bond motifs is 2. The van der Waals surface area contributed by atoms with Crippen LogP contribution in [0.4, 0.5) is 5.82 Å². The van der Waals surface area contributed by atoms with Crippen molar-refractivity contribution in [3.05, 3.63) is 83.9 Å².